The molecule has 4 nitrogen and oxygen atoms in total. The summed E-state index contributed by atoms with van der Waals surface area (Å²) in [6.45, 7) is 8.51. The molecule has 0 heterocycles. The third-order valence-electron chi connectivity index (χ3n) is 1.40. The summed E-state index contributed by atoms with van der Waals surface area (Å²) in [6.07, 6.45) is 3.69. The van der Waals surface area contributed by atoms with E-state index in [-0.39, 0.29) is 5.91 Å². The van der Waals surface area contributed by atoms with Crippen LogP contribution in [-0.2, 0) is 4.79 Å². The number of carbonyl (C=O) groups is 1. The van der Waals surface area contributed by atoms with Crippen molar-refractivity contribution < 1.29 is 4.79 Å². The molecule has 0 unspecified atom stereocenters. The van der Waals surface area contributed by atoms with Crippen molar-refractivity contribution in [3.8, 4) is 0 Å². The smallest absolute Gasteiger partial charge is 0.238 e. The van der Waals surface area contributed by atoms with Crippen LogP contribution in [-0.4, -0.2) is 30.6 Å². The summed E-state index contributed by atoms with van der Waals surface area (Å²) in [4.78, 5) is 11.3. The van der Waals surface area contributed by atoms with Crippen LogP contribution in [0.15, 0.2) is 25.3 Å². The zero-order valence-electron chi connectivity index (χ0n) is 7.83. The SMILES string of the molecule is C=CCNN(CC=C)C(=O)CCN. The second-order valence-corrected chi connectivity index (χ2v) is 2.48. The van der Waals surface area contributed by atoms with E-state index < -0.39 is 0 Å². The largest absolute Gasteiger partial charge is 0.330 e. The van der Waals surface area contributed by atoms with Gasteiger partial charge in [-0.3, -0.25) is 9.80 Å². The molecule has 0 aliphatic heterocycles. The quantitative estimate of drug-likeness (QED) is 0.433. The molecular formula is C9H17N3O. The highest BCUT2D eigenvalue weighted by atomic mass is 16.2. The van der Waals surface area contributed by atoms with E-state index in [9.17, 15) is 4.79 Å². The molecule has 0 spiro atoms. The first-order chi connectivity index (χ1) is 6.26. The molecule has 3 N–H and O–H groups in total. The van der Waals surface area contributed by atoms with Gasteiger partial charge < -0.3 is 5.73 Å². The monoisotopic (exact) mass is 183 g/mol. The molecule has 0 aliphatic carbocycles. The lowest BCUT2D eigenvalue weighted by Crippen LogP contribution is -2.43. The van der Waals surface area contributed by atoms with Gasteiger partial charge in [0.15, 0.2) is 0 Å². The van der Waals surface area contributed by atoms with Crippen LogP contribution in [0.1, 0.15) is 6.42 Å². The van der Waals surface area contributed by atoms with E-state index in [1.54, 1.807) is 12.2 Å². The molecule has 0 aromatic rings. The average Bonchev–Trinajstić information content (AvgIpc) is 2.12. The molecule has 0 radical (unpaired) electrons. The highest BCUT2D eigenvalue weighted by Crippen LogP contribution is 1.89. The molecule has 1 amide bonds. The molecule has 13 heavy (non-hydrogen) atoms. The minimum Gasteiger partial charge on any atom is -0.330 e. The number of nitrogens with two attached hydrogens (primary N) is 1. The van der Waals surface area contributed by atoms with E-state index in [1.807, 2.05) is 0 Å². The second-order valence-electron chi connectivity index (χ2n) is 2.48. The van der Waals surface area contributed by atoms with Crippen molar-refractivity contribution in [3.05, 3.63) is 25.3 Å². The Morgan fingerprint density at radius 3 is 2.62 bits per heavy atom. The average molecular weight is 183 g/mol. The Bertz CT molecular complexity index is 180. The predicted octanol–water partition coefficient (Wildman–Crippen LogP) is 0.0404. The second kappa shape index (κ2) is 7.52. The summed E-state index contributed by atoms with van der Waals surface area (Å²) in [5.41, 5.74) is 8.16. The zero-order valence-corrected chi connectivity index (χ0v) is 7.83. The fourth-order valence-corrected chi connectivity index (χ4v) is 0.817. The minimum absolute atomic E-state index is 0.0238. The molecule has 0 aromatic heterocycles. The van der Waals surface area contributed by atoms with Gasteiger partial charge in [0, 0.05) is 19.5 Å². The maximum absolute atomic E-state index is 11.3. The number of nitrogens with zero attached hydrogens (tertiary/aromatic N) is 1. The third kappa shape index (κ3) is 5.16. The van der Waals surface area contributed by atoms with Gasteiger partial charge in [0.05, 0.1) is 6.54 Å². The van der Waals surface area contributed by atoms with E-state index in [4.69, 9.17) is 5.73 Å². The number of hydrazine groups is 1. The first-order valence-corrected chi connectivity index (χ1v) is 4.22. The van der Waals surface area contributed by atoms with Crippen molar-refractivity contribution in [1.82, 2.24) is 10.4 Å². The summed E-state index contributed by atoms with van der Waals surface area (Å²) in [7, 11) is 0. The molecule has 0 bridgehead atoms. The molecule has 0 aromatic carbocycles. The van der Waals surface area contributed by atoms with Crippen molar-refractivity contribution in [2.24, 2.45) is 5.73 Å². The van der Waals surface area contributed by atoms with Gasteiger partial charge in [0.1, 0.15) is 0 Å². The summed E-state index contributed by atoms with van der Waals surface area (Å²) in [5.74, 6) is -0.0238. The van der Waals surface area contributed by atoms with E-state index in [2.05, 4.69) is 18.6 Å². The highest BCUT2D eigenvalue weighted by Gasteiger charge is 2.08. The van der Waals surface area contributed by atoms with Gasteiger partial charge in [-0.2, -0.15) is 0 Å². The minimum atomic E-state index is -0.0238. The standard InChI is InChI=1S/C9H17N3O/c1-3-7-11-12(8-4-2)9(13)5-6-10/h3-4,11H,1-2,5-8,10H2. The third-order valence-corrected chi connectivity index (χ3v) is 1.40. The summed E-state index contributed by atoms with van der Waals surface area (Å²) < 4.78 is 0. The maximum atomic E-state index is 11.3. The van der Waals surface area contributed by atoms with E-state index in [1.165, 1.54) is 5.01 Å². The Morgan fingerprint density at radius 2 is 2.15 bits per heavy atom. The van der Waals surface area contributed by atoms with Crippen molar-refractivity contribution in [2.75, 3.05) is 19.6 Å². The first-order valence-electron chi connectivity index (χ1n) is 4.22. The first kappa shape index (κ1) is 11.9. The van der Waals surface area contributed by atoms with Crippen molar-refractivity contribution in [3.63, 3.8) is 0 Å². The van der Waals surface area contributed by atoms with Crippen LogP contribution in [0.25, 0.3) is 0 Å². The van der Waals surface area contributed by atoms with Gasteiger partial charge in [0.2, 0.25) is 5.91 Å². The fraction of sp³-hybridized carbons (Fsp3) is 0.444. The molecule has 0 aliphatic rings. The lowest BCUT2D eigenvalue weighted by Gasteiger charge is -2.20. The topological polar surface area (TPSA) is 58.4 Å². The Kier molecular flexibility index (Phi) is 6.86. The lowest BCUT2D eigenvalue weighted by atomic mass is 10.4. The Balaban J connectivity index is 3.97. The predicted molar refractivity (Wildman–Crippen MR) is 53.8 cm³/mol. The van der Waals surface area contributed by atoms with Crippen molar-refractivity contribution in [1.29, 1.82) is 0 Å². The van der Waals surface area contributed by atoms with Crippen LogP contribution >= 0.6 is 0 Å². The number of nitrogens with one attached hydrogen (secondary N) is 1. The number of hydrogen-bond donors (Lipinski definition) is 2. The molecule has 0 rings (SSSR count). The van der Waals surface area contributed by atoms with Crippen LogP contribution < -0.4 is 11.2 Å². The Hall–Kier alpha value is -1.13. The summed E-state index contributed by atoms with van der Waals surface area (Å²) in [6, 6.07) is 0. The lowest BCUT2D eigenvalue weighted by molar-refractivity contribution is -0.133. The molecule has 0 atom stereocenters. The normalized spacial score (nSPS) is 9.31. The molecular weight excluding hydrogens is 166 g/mol. The van der Waals surface area contributed by atoms with Gasteiger partial charge in [-0.05, 0) is 0 Å². The number of carbonyl (C=O) groups excluding carboxylic acids is 1. The molecule has 74 valence electrons. The molecule has 0 saturated heterocycles. The van der Waals surface area contributed by atoms with Gasteiger partial charge >= 0.3 is 0 Å². The van der Waals surface area contributed by atoms with Crippen LogP contribution in [0.5, 0.6) is 0 Å². The summed E-state index contributed by atoms with van der Waals surface area (Å²) in [5, 5.41) is 1.49. The molecule has 0 saturated carbocycles. The Labute approximate surface area is 79.1 Å². The zero-order chi connectivity index (χ0) is 10.1. The van der Waals surface area contributed by atoms with Crippen LogP contribution in [0, 0.1) is 0 Å². The van der Waals surface area contributed by atoms with E-state index in [0.717, 1.165) is 0 Å². The van der Waals surface area contributed by atoms with Gasteiger partial charge in [-0.25, -0.2) is 5.43 Å². The van der Waals surface area contributed by atoms with Crippen LogP contribution in [0.3, 0.4) is 0 Å². The number of amides is 1. The maximum Gasteiger partial charge on any atom is 0.238 e. The molecule has 0 fully saturated rings. The van der Waals surface area contributed by atoms with Gasteiger partial charge in [-0.1, -0.05) is 12.2 Å². The van der Waals surface area contributed by atoms with Gasteiger partial charge in [-0.15, -0.1) is 13.2 Å². The van der Waals surface area contributed by atoms with Crippen LogP contribution in [0.2, 0.25) is 0 Å². The van der Waals surface area contributed by atoms with Crippen molar-refractivity contribution in [2.45, 2.75) is 6.42 Å². The highest BCUT2D eigenvalue weighted by molar-refractivity contribution is 5.76. The van der Waals surface area contributed by atoms with Crippen molar-refractivity contribution >= 4 is 5.91 Å². The fourth-order valence-electron chi connectivity index (χ4n) is 0.817. The molecule has 4 heteroatoms. The van der Waals surface area contributed by atoms with Gasteiger partial charge in [0.25, 0.3) is 0 Å². The van der Waals surface area contributed by atoms with E-state index >= 15 is 0 Å². The number of hydrogen-bond acceptors (Lipinski definition) is 3. The number of rotatable bonds is 7. The summed E-state index contributed by atoms with van der Waals surface area (Å²) >= 11 is 0. The van der Waals surface area contributed by atoms with E-state index in [0.29, 0.717) is 26.1 Å². The Morgan fingerprint density at radius 1 is 1.46 bits per heavy atom. The van der Waals surface area contributed by atoms with Crippen LogP contribution in [0.4, 0.5) is 0 Å².